The molecular weight excluding hydrogens is 228 g/mol. The maximum atomic E-state index is 11.1. The Morgan fingerprint density at radius 2 is 2.17 bits per heavy atom. The SMILES string of the molecule is CCC(=C(C#N)C(=O)O)c1c[nH]c2ccccc12. The summed E-state index contributed by atoms with van der Waals surface area (Å²) >= 11 is 0. The zero-order chi connectivity index (χ0) is 13.1. The van der Waals surface area contributed by atoms with Crippen molar-refractivity contribution in [1.82, 2.24) is 4.98 Å². The lowest BCUT2D eigenvalue weighted by Gasteiger charge is -2.04. The van der Waals surface area contributed by atoms with Crippen molar-refractivity contribution in [2.75, 3.05) is 0 Å². The lowest BCUT2D eigenvalue weighted by Crippen LogP contribution is -2.02. The number of nitriles is 1. The predicted octanol–water partition coefficient (Wildman–Crippen LogP) is 2.94. The van der Waals surface area contributed by atoms with E-state index in [2.05, 4.69) is 4.98 Å². The van der Waals surface area contributed by atoms with Gasteiger partial charge in [0, 0.05) is 22.7 Å². The molecular formula is C14H12N2O2. The number of aromatic nitrogens is 1. The number of carboxylic acids is 1. The fraction of sp³-hybridized carbons (Fsp3) is 0.143. The molecule has 0 bridgehead atoms. The Morgan fingerprint density at radius 3 is 2.78 bits per heavy atom. The van der Waals surface area contributed by atoms with E-state index in [9.17, 15) is 4.79 Å². The van der Waals surface area contributed by atoms with Crippen molar-refractivity contribution in [1.29, 1.82) is 5.26 Å². The maximum Gasteiger partial charge on any atom is 0.346 e. The van der Waals surface area contributed by atoms with Crippen molar-refractivity contribution >= 4 is 22.4 Å². The summed E-state index contributed by atoms with van der Waals surface area (Å²) in [4.78, 5) is 14.2. The third kappa shape index (κ3) is 1.87. The molecule has 4 heteroatoms. The highest BCUT2D eigenvalue weighted by atomic mass is 16.4. The molecule has 90 valence electrons. The van der Waals surface area contributed by atoms with Crippen LogP contribution in [0.5, 0.6) is 0 Å². The smallest absolute Gasteiger partial charge is 0.346 e. The summed E-state index contributed by atoms with van der Waals surface area (Å²) in [5.41, 5.74) is 2.08. The normalized spacial score (nSPS) is 12.0. The van der Waals surface area contributed by atoms with Gasteiger partial charge in [0.25, 0.3) is 0 Å². The minimum Gasteiger partial charge on any atom is -0.477 e. The molecule has 1 heterocycles. The average Bonchev–Trinajstić information content (AvgIpc) is 2.79. The lowest BCUT2D eigenvalue weighted by atomic mass is 9.97. The van der Waals surface area contributed by atoms with Crippen molar-refractivity contribution in [2.24, 2.45) is 0 Å². The van der Waals surface area contributed by atoms with E-state index in [1.807, 2.05) is 31.2 Å². The molecule has 0 saturated carbocycles. The van der Waals surface area contributed by atoms with Crippen molar-refractivity contribution in [3.05, 3.63) is 41.6 Å². The van der Waals surface area contributed by atoms with Crippen LogP contribution in [-0.4, -0.2) is 16.1 Å². The summed E-state index contributed by atoms with van der Waals surface area (Å²) in [6, 6.07) is 9.39. The Bertz CT molecular complexity index is 674. The van der Waals surface area contributed by atoms with E-state index in [1.165, 1.54) is 0 Å². The van der Waals surface area contributed by atoms with Gasteiger partial charge in [-0.15, -0.1) is 0 Å². The highest BCUT2D eigenvalue weighted by Crippen LogP contribution is 2.29. The molecule has 1 aromatic carbocycles. The number of aromatic amines is 1. The molecule has 0 amide bonds. The zero-order valence-electron chi connectivity index (χ0n) is 9.90. The largest absolute Gasteiger partial charge is 0.477 e. The summed E-state index contributed by atoms with van der Waals surface area (Å²) in [6.07, 6.45) is 2.25. The van der Waals surface area contributed by atoms with Gasteiger partial charge in [-0.2, -0.15) is 5.26 Å². The standard InChI is InChI=1S/C14H12N2O2/c1-2-9(11(7-15)14(17)18)12-8-16-13-6-4-3-5-10(12)13/h3-6,8,16H,2H2,1H3,(H,17,18). The van der Waals surface area contributed by atoms with Crippen LogP contribution in [0.25, 0.3) is 16.5 Å². The van der Waals surface area contributed by atoms with Crippen molar-refractivity contribution in [3.63, 3.8) is 0 Å². The number of carbonyl (C=O) groups is 1. The van der Waals surface area contributed by atoms with Crippen molar-refractivity contribution < 1.29 is 9.90 Å². The number of hydrogen-bond donors (Lipinski definition) is 2. The van der Waals surface area contributed by atoms with Crippen LogP contribution in [0.15, 0.2) is 36.0 Å². The van der Waals surface area contributed by atoms with E-state index in [1.54, 1.807) is 12.3 Å². The van der Waals surface area contributed by atoms with Crippen LogP contribution in [-0.2, 0) is 4.79 Å². The molecule has 0 fully saturated rings. The molecule has 1 aromatic heterocycles. The minimum absolute atomic E-state index is 0.192. The molecule has 0 aliphatic rings. The van der Waals surface area contributed by atoms with Gasteiger partial charge in [0.05, 0.1) is 0 Å². The number of nitrogens with zero attached hydrogens (tertiary/aromatic N) is 1. The van der Waals surface area contributed by atoms with E-state index in [4.69, 9.17) is 10.4 Å². The van der Waals surface area contributed by atoms with Gasteiger partial charge < -0.3 is 10.1 Å². The molecule has 0 saturated heterocycles. The first-order valence-electron chi connectivity index (χ1n) is 5.62. The van der Waals surface area contributed by atoms with Crippen LogP contribution in [0.2, 0.25) is 0 Å². The van der Waals surface area contributed by atoms with E-state index < -0.39 is 5.97 Å². The number of nitrogens with one attached hydrogen (secondary N) is 1. The van der Waals surface area contributed by atoms with Gasteiger partial charge >= 0.3 is 5.97 Å². The molecule has 0 atom stereocenters. The fourth-order valence-electron chi connectivity index (χ4n) is 2.07. The Balaban J connectivity index is 2.73. The molecule has 4 nitrogen and oxygen atoms in total. The summed E-state index contributed by atoms with van der Waals surface area (Å²) in [6.45, 7) is 1.84. The number of allylic oxidation sites excluding steroid dienone is 1. The first kappa shape index (κ1) is 11.9. The maximum absolute atomic E-state index is 11.1. The van der Waals surface area contributed by atoms with Crippen molar-refractivity contribution in [3.8, 4) is 6.07 Å². The van der Waals surface area contributed by atoms with Gasteiger partial charge in [-0.25, -0.2) is 4.79 Å². The Labute approximate surface area is 104 Å². The lowest BCUT2D eigenvalue weighted by molar-refractivity contribution is -0.132. The molecule has 0 unspecified atom stereocenters. The first-order valence-corrected chi connectivity index (χ1v) is 5.62. The molecule has 2 aromatic rings. The summed E-state index contributed by atoms with van der Waals surface area (Å²) in [7, 11) is 0. The monoisotopic (exact) mass is 240 g/mol. The topological polar surface area (TPSA) is 76.9 Å². The second-order valence-electron chi connectivity index (χ2n) is 3.87. The Morgan fingerprint density at radius 1 is 1.44 bits per heavy atom. The van der Waals surface area contributed by atoms with E-state index in [-0.39, 0.29) is 5.57 Å². The van der Waals surface area contributed by atoms with Crippen LogP contribution < -0.4 is 0 Å². The van der Waals surface area contributed by atoms with E-state index in [0.29, 0.717) is 12.0 Å². The van der Waals surface area contributed by atoms with Crippen LogP contribution in [0.4, 0.5) is 0 Å². The third-order valence-corrected chi connectivity index (χ3v) is 2.90. The highest BCUT2D eigenvalue weighted by molar-refractivity contribution is 6.04. The molecule has 0 radical (unpaired) electrons. The predicted molar refractivity (Wildman–Crippen MR) is 68.8 cm³/mol. The van der Waals surface area contributed by atoms with Crippen molar-refractivity contribution in [2.45, 2.75) is 13.3 Å². The third-order valence-electron chi connectivity index (χ3n) is 2.90. The van der Waals surface area contributed by atoms with Gasteiger partial charge in [0.2, 0.25) is 0 Å². The van der Waals surface area contributed by atoms with Gasteiger partial charge in [-0.1, -0.05) is 25.1 Å². The van der Waals surface area contributed by atoms with Crippen LogP contribution in [0.3, 0.4) is 0 Å². The molecule has 2 rings (SSSR count). The quantitative estimate of drug-likeness (QED) is 0.639. The van der Waals surface area contributed by atoms with E-state index >= 15 is 0 Å². The van der Waals surface area contributed by atoms with Crippen LogP contribution >= 0.6 is 0 Å². The van der Waals surface area contributed by atoms with Gasteiger partial charge in [0.15, 0.2) is 0 Å². The number of fused-ring (bicyclic) bond motifs is 1. The summed E-state index contributed by atoms with van der Waals surface area (Å²) in [5.74, 6) is -1.18. The van der Waals surface area contributed by atoms with Gasteiger partial charge in [0.1, 0.15) is 11.6 Å². The summed E-state index contributed by atoms with van der Waals surface area (Å²) in [5, 5.41) is 19.0. The fourth-order valence-corrected chi connectivity index (χ4v) is 2.07. The molecule has 18 heavy (non-hydrogen) atoms. The first-order chi connectivity index (χ1) is 8.69. The number of hydrogen-bond acceptors (Lipinski definition) is 2. The number of H-pyrrole nitrogens is 1. The average molecular weight is 240 g/mol. The Kier molecular flexibility index (Phi) is 3.16. The molecule has 0 spiro atoms. The number of rotatable bonds is 3. The molecule has 2 N–H and O–H groups in total. The van der Waals surface area contributed by atoms with E-state index in [0.717, 1.165) is 16.5 Å². The number of aliphatic carboxylic acids is 1. The Hall–Kier alpha value is -2.54. The van der Waals surface area contributed by atoms with Crippen LogP contribution in [0.1, 0.15) is 18.9 Å². The zero-order valence-corrected chi connectivity index (χ0v) is 9.90. The minimum atomic E-state index is -1.18. The second kappa shape index (κ2) is 4.76. The van der Waals surface area contributed by atoms with Crippen LogP contribution in [0, 0.1) is 11.3 Å². The number of carboxylic acid groups (broad SMARTS) is 1. The molecule has 0 aliphatic heterocycles. The number of benzene rings is 1. The van der Waals surface area contributed by atoms with Gasteiger partial charge in [-0.3, -0.25) is 0 Å². The van der Waals surface area contributed by atoms with Gasteiger partial charge in [-0.05, 0) is 18.1 Å². The highest BCUT2D eigenvalue weighted by Gasteiger charge is 2.16. The second-order valence-corrected chi connectivity index (χ2v) is 3.87. The summed E-state index contributed by atoms with van der Waals surface area (Å²) < 4.78 is 0. The number of para-hydroxylation sites is 1. The molecule has 0 aliphatic carbocycles.